The number of carbonyl (C=O) groups excluding carboxylic acids is 1. The third kappa shape index (κ3) is 3.64. The molecule has 1 N–H and O–H groups in total. The minimum atomic E-state index is -1.04. The maximum Gasteiger partial charge on any atom is 0.313 e. The number of aromatic nitrogens is 1. The highest BCUT2D eigenvalue weighted by Crippen LogP contribution is 2.32. The number of benzene rings is 1. The van der Waals surface area contributed by atoms with Gasteiger partial charge >= 0.3 is 5.97 Å². The smallest absolute Gasteiger partial charge is 0.313 e. The normalized spacial score (nSPS) is 20.2. The molecule has 0 spiro atoms. The molecule has 1 atom stereocenters. The summed E-state index contributed by atoms with van der Waals surface area (Å²) in [7, 11) is 1.49. The van der Waals surface area contributed by atoms with Gasteiger partial charge in [0, 0.05) is 36.7 Å². The quantitative estimate of drug-likeness (QED) is 0.870. The number of piperidine rings is 1. The van der Waals surface area contributed by atoms with E-state index in [1.54, 1.807) is 22.3 Å². The highest BCUT2D eigenvalue weighted by molar-refractivity contribution is 7.09. The predicted octanol–water partition coefficient (Wildman–Crippen LogP) is 3.07. The third-order valence-electron chi connectivity index (χ3n) is 4.76. The second-order valence-electron chi connectivity index (χ2n) is 6.68. The molecule has 1 unspecified atom stereocenters. The molecule has 1 amide bonds. The number of methoxy groups -OCH3 is 1. The van der Waals surface area contributed by atoms with Gasteiger partial charge in [0.15, 0.2) is 0 Å². The Morgan fingerprint density at radius 1 is 1.42 bits per heavy atom. The van der Waals surface area contributed by atoms with Crippen molar-refractivity contribution < 1.29 is 19.4 Å². The predicted molar refractivity (Wildman–Crippen MR) is 99.4 cm³/mol. The summed E-state index contributed by atoms with van der Waals surface area (Å²) in [5.41, 5.74) is 1.25. The maximum absolute atomic E-state index is 13.0. The molecule has 0 radical (unpaired) electrons. The molecule has 1 aliphatic rings. The van der Waals surface area contributed by atoms with Gasteiger partial charge in [-0.1, -0.05) is 12.1 Å². The second kappa shape index (κ2) is 7.55. The second-order valence-corrected chi connectivity index (χ2v) is 7.74. The minimum Gasteiger partial charge on any atom is -0.481 e. The molecule has 1 saturated heterocycles. The van der Waals surface area contributed by atoms with Crippen LogP contribution >= 0.6 is 11.3 Å². The Bertz CT molecular complexity index is 815. The van der Waals surface area contributed by atoms with E-state index in [0.29, 0.717) is 24.9 Å². The lowest BCUT2D eigenvalue weighted by Gasteiger charge is -2.39. The van der Waals surface area contributed by atoms with E-state index >= 15 is 0 Å². The number of thiazole rings is 1. The van der Waals surface area contributed by atoms with Crippen LogP contribution in [0, 0.1) is 12.3 Å². The topological polar surface area (TPSA) is 79.7 Å². The van der Waals surface area contributed by atoms with Gasteiger partial charge in [0.25, 0.3) is 5.91 Å². The number of hydrogen-bond acceptors (Lipinski definition) is 5. The molecule has 1 aromatic carbocycles. The van der Waals surface area contributed by atoms with Crippen molar-refractivity contribution in [2.45, 2.75) is 19.8 Å². The minimum absolute atomic E-state index is 0.101. The SMILES string of the molecule is COCC1(C(=O)O)CCCN(C(=O)c2cccc(-c3csc(C)n3)c2)C1. The van der Waals surface area contributed by atoms with Gasteiger partial charge in [-0.05, 0) is 31.9 Å². The summed E-state index contributed by atoms with van der Waals surface area (Å²) in [6.07, 6.45) is 1.16. The zero-order valence-electron chi connectivity index (χ0n) is 14.9. The number of amides is 1. The largest absolute Gasteiger partial charge is 0.481 e. The van der Waals surface area contributed by atoms with Crippen molar-refractivity contribution in [2.75, 3.05) is 26.8 Å². The van der Waals surface area contributed by atoms with Crippen LogP contribution in [-0.2, 0) is 9.53 Å². The Balaban J connectivity index is 1.84. The maximum atomic E-state index is 13.0. The van der Waals surface area contributed by atoms with Crippen LogP contribution in [0.15, 0.2) is 29.6 Å². The van der Waals surface area contributed by atoms with E-state index in [4.69, 9.17) is 4.74 Å². The number of carboxylic acids is 1. The van der Waals surface area contributed by atoms with E-state index in [1.807, 2.05) is 30.5 Å². The molecule has 0 saturated carbocycles. The Morgan fingerprint density at radius 3 is 2.88 bits per heavy atom. The van der Waals surface area contributed by atoms with Gasteiger partial charge in [-0.15, -0.1) is 11.3 Å². The summed E-state index contributed by atoms with van der Waals surface area (Å²) in [6, 6.07) is 7.34. The van der Waals surface area contributed by atoms with Gasteiger partial charge in [-0.25, -0.2) is 4.98 Å². The number of carbonyl (C=O) groups is 2. The molecule has 1 aliphatic heterocycles. The van der Waals surface area contributed by atoms with Gasteiger partial charge < -0.3 is 14.7 Å². The number of hydrogen-bond donors (Lipinski definition) is 1. The van der Waals surface area contributed by atoms with Crippen molar-refractivity contribution in [1.82, 2.24) is 9.88 Å². The van der Waals surface area contributed by atoms with Crippen LogP contribution in [0.25, 0.3) is 11.3 Å². The van der Waals surface area contributed by atoms with Crippen molar-refractivity contribution in [1.29, 1.82) is 0 Å². The van der Waals surface area contributed by atoms with E-state index in [9.17, 15) is 14.7 Å². The molecular formula is C19H22N2O4S. The molecule has 0 bridgehead atoms. The molecule has 3 rings (SSSR count). The lowest BCUT2D eigenvalue weighted by molar-refractivity contribution is -0.155. The van der Waals surface area contributed by atoms with Gasteiger partial charge in [0.05, 0.1) is 17.3 Å². The Labute approximate surface area is 156 Å². The molecule has 0 aliphatic carbocycles. The van der Waals surface area contributed by atoms with Crippen LogP contribution in [0.1, 0.15) is 28.2 Å². The molecular weight excluding hydrogens is 352 g/mol. The first kappa shape index (κ1) is 18.5. The van der Waals surface area contributed by atoms with Crippen molar-refractivity contribution >= 4 is 23.2 Å². The molecule has 2 heterocycles. The van der Waals surface area contributed by atoms with Crippen LogP contribution in [-0.4, -0.2) is 53.7 Å². The van der Waals surface area contributed by atoms with Gasteiger partial charge in [0.2, 0.25) is 0 Å². The molecule has 138 valence electrons. The summed E-state index contributed by atoms with van der Waals surface area (Å²) in [5.74, 6) is -1.07. The number of likely N-dealkylation sites (tertiary alicyclic amines) is 1. The highest BCUT2D eigenvalue weighted by atomic mass is 32.1. The fourth-order valence-electron chi connectivity index (χ4n) is 3.43. The van der Waals surface area contributed by atoms with Crippen LogP contribution in [0.5, 0.6) is 0 Å². The van der Waals surface area contributed by atoms with Crippen LogP contribution in [0.4, 0.5) is 0 Å². The first-order chi connectivity index (χ1) is 12.4. The summed E-state index contributed by atoms with van der Waals surface area (Å²) in [5, 5.41) is 12.6. The number of aliphatic carboxylic acids is 1. The molecule has 6 nitrogen and oxygen atoms in total. The summed E-state index contributed by atoms with van der Waals surface area (Å²) >= 11 is 1.56. The molecule has 2 aromatic rings. The summed E-state index contributed by atoms with van der Waals surface area (Å²) in [6.45, 7) is 2.76. The first-order valence-corrected chi connectivity index (χ1v) is 9.37. The van der Waals surface area contributed by atoms with Gasteiger partial charge in [-0.2, -0.15) is 0 Å². The van der Waals surface area contributed by atoms with Gasteiger partial charge in [-0.3, -0.25) is 9.59 Å². The number of nitrogens with zero attached hydrogens (tertiary/aromatic N) is 2. The average molecular weight is 374 g/mol. The Kier molecular flexibility index (Phi) is 5.38. The van der Waals surface area contributed by atoms with Crippen LogP contribution < -0.4 is 0 Å². The van der Waals surface area contributed by atoms with E-state index in [-0.39, 0.29) is 19.1 Å². The Morgan fingerprint density at radius 2 is 2.23 bits per heavy atom. The van der Waals surface area contributed by atoms with E-state index in [2.05, 4.69) is 4.98 Å². The highest BCUT2D eigenvalue weighted by Gasteiger charge is 2.44. The number of ether oxygens (including phenoxy) is 1. The lowest BCUT2D eigenvalue weighted by atomic mass is 9.80. The standard InChI is InChI=1S/C19H22N2O4S/c1-13-20-16(10-26-13)14-5-3-6-15(9-14)17(22)21-8-4-7-19(11-21,12-25-2)18(23)24/h3,5-6,9-10H,4,7-8,11-12H2,1-2H3,(H,23,24). The van der Waals surface area contributed by atoms with Crippen LogP contribution in [0.2, 0.25) is 0 Å². The molecule has 1 aromatic heterocycles. The number of carboxylic acid groups (broad SMARTS) is 1. The molecule has 7 heteroatoms. The zero-order chi connectivity index (χ0) is 18.7. The average Bonchev–Trinajstić information content (AvgIpc) is 3.08. The Hall–Kier alpha value is -2.25. The van der Waals surface area contributed by atoms with Crippen molar-refractivity contribution in [3.05, 3.63) is 40.2 Å². The van der Waals surface area contributed by atoms with Crippen molar-refractivity contribution in [2.24, 2.45) is 5.41 Å². The zero-order valence-corrected chi connectivity index (χ0v) is 15.7. The fraction of sp³-hybridized carbons (Fsp3) is 0.421. The monoisotopic (exact) mass is 374 g/mol. The number of rotatable bonds is 5. The van der Waals surface area contributed by atoms with E-state index in [0.717, 1.165) is 16.3 Å². The van der Waals surface area contributed by atoms with Gasteiger partial charge in [0.1, 0.15) is 5.41 Å². The van der Waals surface area contributed by atoms with Crippen molar-refractivity contribution in [3.8, 4) is 11.3 Å². The van der Waals surface area contributed by atoms with Crippen LogP contribution in [0.3, 0.4) is 0 Å². The molecule has 26 heavy (non-hydrogen) atoms. The fourth-order valence-corrected chi connectivity index (χ4v) is 4.05. The van der Waals surface area contributed by atoms with E-state index < -0.39 is 11.4 Å². The van der Waals surface area contributed by atoms with E-state index in [1.165, 1.54) is 7.11 Å². The molecule has 1 fully saturated rings. The number of aryl methyl sites for hydroxylation is 1. The van der Waals surface area contributed by atoms with Crippen molar-refractivity contribution in [3.63, 3.8) is 0 Å². The summed E-state index contributed by atoms with van der Waals surface area (Å²) in [4.78, 5) is 30.9. The lowest BCUT2D eigenvalue weighted by Crippen LogP contribution is -2.52. The summed E-state index contributed by atoms with van der Waals surface area (Å²) < 4.78 is 5.13. The third-order valence-corrected chi connectivity index (χ3v) is 5.54. The first-order valence-electron chi connectivity index (χ1n) is 8.49.